The molecular formula is C30H33ClFN5O3S. The number of piperazine rings is 1. The number of hydrogen-bond donors (Lipinski definition) is 0. The molecule has 1 atom stereocenters. The third-order valence-corrected chi connectivity index (χ3v) is 8.14. The Bertz CT molecular complexity index is 1680. The molecule has 0 spiro atoms. The van der Waals surface area contributed by atoms with Crippen molar-refractivity contribution in [2.24, 2.45) is 0 Å². The van der Waals surface area contributed by atoms with Gasteiger partial charge >= 0.3 is 11.8 Å². The van der Waals surface area contributed by atoms with Gasteiger partial charge in [-0.2, -0.15) is 4.98 Å². The maximum atomic E-state index is 14.9. The number of carbonyl (C=O) groups excluding carboxylic acids is 1. The summed E-state index contributed by atoms with van der Waals surface area (Å²) in [7, 11) is 0. The van der Waals surface area contributed by atoms with Crippen molar-refractivity contribution >= 4 is 45.8 Å². The molecule has 0 N–H and O–H groups in total. The Kier molecular flexibility index (Phi) is 7.82. The average Bonchev–Trinajstić information content (AvgIpc) is 3.37. The van der Waals surface area contributed by atoms with Crippen molar-refractivity contribution in [3.63, 3.8) is 0 Å². The third-order valence-electron chi connectivity index (χ3n) is 7.00. The van der Waals surface area contributed by atoms with Gasteiger partial charge in [-0.15, -0.1) is 11.3 Å². The van der Waals surface area contributed by atoms with E-state index in [0.29, 0.717) is 57.5 Å². The zero-order chi connectivity index (χ0) is 29.6. The van der Waals surface area contributed by atoms with Crippen molar-refractivity contribution < 1.29 is 13.9 Å². The van der Waals surface area contributed by atoms with Gasteiger partial charge in [-0.25, -0.2) is 23.5 Å². The van der Waals surface area contributed by atoms with Crippen LogP contribution in [0.25, 0.3) is 27.0 Å². The maximum absolute atomic E-state index is 14.9. The van der Waals surface area contributed by atoms with E-state index in [-0.39, 0.29) is 18.1 Å². The second-order valence-electron chi connectivity index (χ2n) is 11.5. The van der Waals surface area contributed by atoms with Gasteiger partial charge in [-0.1, -0.05) is 43.6 Å². The topological polar surface area (TPSA) is 80.6 Å². The first-order valence-corrected chi connectivity index (χ1v) is 14.8. The first kappa shape index (κ1) is 29.0. The highest BCUT2D eigenvalue weighted by atomic mass is 35.5. The zero-order valence-electron chi connectivity index (χ0n) is 23.9. The molecule has 1 saturated heterocycles. The van der Waals surface area contributed by atoms with Crippen molar-refractivity contribution in [1.82, 2.24) is 19.4 Å². The molecule has 5 rings (SSSR count). The molecule has 0 saturated carbocycles. The first-order chi connectivity index (χ1) is 19.4. The van der Waals surface area contributed by atoms with Crippen LogP contribution in [-0.2, 0) is 4.74 Å². The van der Waals surface area contributed by atoms with Crippen molar-refractivity contribution in [1.29, 1.82) is 0 Å². The van der Waals surface area contributed by atoms with Gasteiger partial charge in [0.2, 0.25) is 0 Å². The quantitative estimate of drug-likeness (QED) is 0.255. The number of benzene rings is 2. The van der Waals surface area contributed by atoms with E-state index in [1.165, 1.54) is 17.4 Å². The predicted molar refractivity (Wildman–Crippen MR) is 162 cm³/mol. The highest BCUT2D eigenvalue weighted by molar-refractivity contribution is 7.12. The summed E-state index contributed by atoms with van der Waals surface area (Å²) in [4.78, 5) is 39.3. The molecule has 1 unspecified atom stereocenters. The Morgan fingerprint density at radius 2 is 1.90 bits per heavy atom. The smallest absolute Gasteiger partial charge is 0.410 e. The number of carbonyl (C=O) groups is 1. The number of ether oxygens (including phenoxy) is 1. The lowest BCUT2D eigenvalue weighted by Gasteiger charge is -2.41. The highest BCUT2D eigenvalue weighted by Gasteiger charge is 2.32. The number of fused-ring (bicyclic) bond motifs is 1. The maximum Gasteiger partial charge on any atom is 0.410 e. The van der Waals surface area contributed by atoms with E-state index in [2.05, 4.69) is 9.97 Å². The fraction of sp³-hybridized carbons (Fsp3) is 0.400. The van der Waals surface area contributed by atoms with E-state index in [0.717, 1.165) is 5.69 Å². The van der Waals surface area contributed by atoms with Crippen molar-refractivity contribution in [3.05, 3.63) is 68.9 Å². The number of halogens is 2. The van der Waals surface area contributed by atoms with E-state index in [9.17, 15) is 14.0 Å². The number of aromatic nitrogens is 3. The minimum atomic E-state index is -0.599. The summed E-state index contributed by atoms with van der Waals surface area (Å²) < 4.78 is 22.0. The van der Waals surface area contributed by atoms with Crippen molar-refractivity contribution in [2.75, 3.05) is 24.5 Å². The van der Waals surface area contributed by atoms with E-state index < -0.39 is 17.1 Å². The van der Waals surface area contributed by atoms with Gasteiger partial charge in [0, 0.05) is 47.2 Å². The number of thiazole rings is 1. The SMILES string of the molecule is CC(C)c1ncsc1-n1c(=O)nc(N2CCN(C(=O)OC(C)(C)C)CC2C)c2cc(Cl)c(-c3ccccc3F)cc21. The lowest BCUT2D eigenvalue weighted by Crippen LogP contribution is -2.55. The Labute approximate surface area is 247 Å². The Morgan fingerprint density at radius 3 is 2.56 bits per heavy atom. The molecule has 216 valence electrons. The van der Waals surface area contributed by atoms with Crippen LogP contribution in [0, 0.1) is 5.82 Å². The second-order valence-corrected chi connectivity index (χ2v) is 12.8. The molecular weight excluding hydrogens is 565 g/mol. The monoisotopic (exact) mass is 597 g/mol. The molecule has 1 aliphatic heterocycles. The molecule has 3 heterocycles. The normalized spacial score (nSPS) is 16.1. The molecule has 1 fully saturated rings. The summed E-state index contributed by atoms with van der Waals surface area (Å²) in [5, 5.41) is 1.65. The molecule has 0 bridgehead atoms. The van der Waals surface area contributed by atoms with E-state index in [1.807, 2.05) is 46.4 Å². The standard InChI is InChI=1S/C30H33ClFN5O3S/c1-17(2)25-27(41-16-33-25)37-24-14-20(19-9-7-8-10-23(19)32)22(31)13-21(24)26(34-28(37)38)36-12-11-35(15-18(36)3)29(39)40-30(4,5)6/h7-10,13-14,16-18H,11-12,15H2,1-6H3. The lowest BCUT2D eigenvalue weighted by atomic mass is 10.0. The number of anilines is 1. The molecule has 1 aliphatic rings. The van der Waals surface area contributed by atoms with Gasteiger partial charge in [-0.3, -0.25) is 0 Å². The van der Waals surface area contributed by atoms with E-state index in [1.54, 1.807) is 45.3 Å². The van der Waals surface area contributed by atoms with Crippen LogP contribution in [-0.4, -0.2) is 56.8 Å². The number of rotatable bonds is 4. The largest absolute Gasteiger partial charge is 0.444 e. The van der Waals surface area contributed by atoms with Gasteiger partial charge < -0.3 is 14.5 Å². The molecule has 11 heteroatoms. The first-order valence-electron chi connectivity index (χ1n) is 13.5. The van der Waals surface area contributed by atoms with Crippen LogP contribution < -0.4 is 10.6 Å². The van der Waals surface area contributed by atoms with Crippen LogP contribution in [0.5, 0.6) is 0 Å². The predicted octanol–water partition coefficient (Wildman–Crippen LogP) is 6.87. The third kappa shape index (κ3) is 5.67. The van der Waals surface area contributed by atoms with Crippen LogP contribution >= 0.6 is 22.9 Å². The summed E-state index contributed by atoms with van der Waals surface area (Å²) in [6.07, 6.45) is -0.374. The second kappa shape index (κ2) is 11.1. The van der Waals surface area contributed by atoms with Crippen LogP contribution in [0.2, 0.25) is 5.02 Å². The number of amides is 1. The fourth-order valence-electron chi connectivity index (χ4n) is 5.11. The molecule has 2 aromatic carbocycles. The van der Waals surface area contributed by atoms with Gasteiger partial charge in [0.1, 0.15) is 22.2 Å². The zero-order valence-corrected chi connectivity index (χ0v) is 25.5. The van der Waals surface area contributed by atoms with Gasteiger partial charge in [-0.05, 0) is 51.8 Å². The summed E-state index contributed by atoms with van der Waals surface area (Å²) >= 11 is 8.15. The van der Waals surface area contributed by atoms with Gasteiger partial charge in [0.05, 0.1) is 16.7 Å². The summed E-state index contributed by atoms with van der Waals surface area (Å²) in [6.45, 7) is 12.8. The molecule has 1 amide bonds. The minimum Gasteiger partial charge on any atom is -0.444 e. The highest BCUT2D eigenvalue weighted by Crippen LogP contribution is 2.38. The van der Waals surface area contributed by atoms with Gasteiger partial charge in [0.25, 0.3) is 0 Å². The van der Waals surface area contributed by atoms with Crippen LogP contribution in [0.4, 0.5) is 15.0 Å². The Balaban J connectivity index is 1.67. The molecule has 8 nitrogen and oxygen atoms in total. The minimum absolute atomic E-state index is 0.0668. The van der Waals surface area contributed by atoms with Crippen molar-refractivity contribution in [2.45, 2.75) is 59.1 Å². The van der Waals surface area contributed by atoms with Crippen LogP contribution in [0.1, 0.15) is 53.2 Å². The van der Waals surface area contributed by atoms with Crippen LogP contribution in [0.3, 0.4) is 0 Å². The van der Waals surface area contributed by atoms with E-state index in [4.69, 9.17) is 16.3 Å². The van der Waals surface area contributed by atoms with E-state index >= 15 is 0 Å². The molecule has 2 aromatic heterocycles. The number of hydrogen-bond acceptors (Lipinski definition) is 7. The van der Waals surface area contributed by atoms with Crippen molar-refractivity contribution in [3.8, 4) is 16.1 Å². The fourth-order valence-corrected chi connectivity index (χ4v) is 6.33. The Hall–Kier alpha value is -3.50. The summed E-state index contributed by atoms with van der Waals surface area (Å²) in [5.74, 6) is 0.122. The molecule has 0 aliphatic carbocycles. The number of nitrogens with zero attached hydrogens (tertiary/aromatic N) is 5. The molecule has 0 radical (unpaired) electrons. The summed E-state index contributed by atoms with van der Waals surface area (Å²) in [6, 6.07) is 9.76. The van der Waals surface area contributed by atoms with Crippen LogP contribution in [0.15, 0.2) is 46.7 Å². The lowest BCUT2D eigenvalue weighted by molar-refractivity contribution is 0.0218. The summed E-state index contributed by atoms with van der Waals surface area (Å²) in [5.41, 5.74) is 2.78. The molecule has 41 heavy (non-hydrogen) atoms. The van der Waals surface area contributed by atoms with Gasteiger partial charge in [0.15, 0.2) is 0 Å². The Morgan fingerprint density at radius 1 is 1.17 bits per heavy atom. The molecule has 4 aromatic rings. The average molecular weight is 598 g/mol.